The Morgan fingerprint density at radius 2 is 1.83 bits per heavy atom. The molecular weight excluding hydrogens is 183 g/mol. The maximum Gasteiger partial charge on any atom is 0.337 e. The quantitative estimate of drug-likeness (QED) is 0.412. The number of benzene rings is 1. The minimum atomic E-state index is -0.321. The Balaban J connectivity index is 0.00000121. The van der Waals surface area contributed by atoms with Gasteiger partial charge in [0.1, 0.15) is 0 Å². The van der Waals surface area contributed by atoms with Crippen LogP contribution in [0.4, 0.5) is 0 Å². The van der Waals surface area contributed by atoms with Crippen LogP contribution in [0.5, 0.6) is 0 Å². The molecule has 1 radical (unpaired) electrons. The van der Waals surface area contributed by atoms with Crippen LogP contribution in [-0.4, -0.2) is 42.6 Å². The molecule has 0 aliphatic carbocycles. The smallest absolute Gasteiger partial charge is 0.337 e. The molecule has 0 bridgehead atoms. The second kappa shape index (κ2) is 5.65. The molecule has 12 heavy (non-hydrogen) atoms. The number of esters is 1. The molecule has 1 rings (SSSR count). The summed E-state index contributed by atoms with van der Waals surface area (Å²) >= 11 is 4.08. The van der Waals surface area contributed by atoms with Gasteiger partial charge in [0.25, 0.3) is 0 Å². The fourth-order valence-corrected chi connectivity index (χ4v) is 0.864. The Morgan fingerprint density at radius 3 is 2.25 bits per heavy atom. The fourth-order valence-electron chi connectivity index (χ4n) is 0.715. The summed E-state index contributed by atoms with van der Waals surface area (Å²) in [6.07, 6.45) is 0. The third-order valence-electron chi connectivity index (χ3n) is 1.29. The molecule has 1 aromatic rings. The number of methoxy groups -OCH3 is 1. The monoisotopic (exact) mass is 191 g/mol. The number of rotatable bonds is 1. The first-order valence-electron chi connectivity index (χ1n) is 3.11. The summed E-state index contributed by atoms with van der Waals surface area (Å²) in [4.78, 5) is 11.7. The van der Waals surface area contributed by atoms with Gasteiger partial charge in [0, 0.05) is 34.5 Å². The minimum absolute atomic E-state index is 0. The van der Waals surface area contributed by atoms with Crippen molar-refractivity contribution in [2.45, 2.75) is 4.90 Å². The van der Waals surface area contributed by atoms with Crippen molar-refractivity contribution in [2.75, 3.05) is 7.11 Å². The number of thiol groups is 1. The van der Waals surface area contributed by atoms with E-state index in [1.54, 1.807) is 24.3 Å². The zero-order chi connectivity index (χ0) is 8.27. The largest absolute Gasteiger partial charge is 0.465 e. The van der Waals surface area contributed by atoms with Crippen LogP contribution in [-0.2, 0) is 4.74 Å². The van der Waals surface area contributed by atoms with E-state index < -0.39 is 0 Å². The van der Waals surface area contributed by atoms with Crippen molar-refractivity contribution in [3.05, 3.63) is 29.8 Å². The van der Waals surface area contributed by atoms with E-state index in [-0.39, 0.29) is 35.5 Å². The zero-order valence-electron chi connectivity index (χ0n) is 7.07. The van der Waals surface area contributed by atoms with E-state index >= 15 is 0 Å². The van der Waals surface area contributed by atoms with Gasteiger partial charge in [0.05, 0.1) is 12.7 Å². The van der Waals surface area contributed by atoms with E-state index in [4.69, 9.17) is 0 Å². The minimum Gasteiger partial charge on any atom is -0.465 e. The van der Waals surface area contributed by atoms with Gasteiger partial charge in [0.15, 0.2) is 0 Å². The molecule has 1 aromatic carbocycles. The number of hydrogen-bond acceptors (Lipinski definition) is 3. The van der Waals surface area contributed by atoms with E-state index in [0.29, 0.717) is 5.56 Å². The summed E-state index contributed by atoms with van der Waals surface area (Å²) in [6, 6.07) is 6.84. The third kappa shape index (κ3) is 3.19. The van der Waals surface area contributed by atoms with E-state index in [1.165, 1.54) is 7.11 Å². The second-order valence-electron chi connectivity index (χ2n) is 2.04. The Bertz CT molecular complexity index is 258. The van der Waals surface area contributed by atoms with Crippen molar-refractivity contribution >= 4 is 48.2 Å². The van der Waals surface area contributed by atoms with Gasteiger partial charge in [-0.05, 0) is 24.3 Å². The van der Waals surface area contributed by atoms with Gasteiger partial charge in [0.2, 0.25) is 0 Å². The predicted octanol–water partition coefficient (Wildman–Crippen LogP) is 1.38. The first-order valence-corrected chi connectivity index (χ1v) is 3.56. The Kier molecular flexibility index (Phi) is 5.66. The third-order valence-corrected chi connectivity index (χ3v) is 1.59. The molecular formula is C8H8NaO2S. The molecule has 0 aliphatic rings. The molecule has 0 amide bonds. The molecule has 0 aromatic heterocycles. The molecule has 0 aliphatic heterocycles. The van der Waals surface area contributed by atoms with Gasteiger partial charge in [-0.1, -0.05) is 0 Å². The summed E-state index contributed by atoms with van der Waals surface area (Å²) < 4.78 is 4.51. The molecule has 59 valence electrons. The molecule has 0 spiro atoms. The van der Waals surface area contributed by atoms with Gasteiger partial charge in [-0.2, -0.15) is 0 Å². The van der Waals surface area contributed by atoms with Crippen LogP contribution in [0.3, 0.4) is 0 Å². The van der Waals surface area contributed by atoms with Gasteiger partial charge in [-0.25, -0.2) is 4.79 Å². The molecule has 2 nitrogen and oxygen atoms in total. The normalized spacial score (nSPS) is 8.50. The first kappa shape index (κ1) is 12.0. The van der Waals surface area contributed by atoms with Gasteiger partial charge in [-0.3, -0.25) is 0 Å². The summed E-state index contributed by atoms with van der Waals surface area (Å²) in [7, 11) is 1.36. The first-order chi connectivity index (χ1) is 5.24. The van der Waals surface area contributed by atoms with Crippen LogP contribution in [0.2, 0.25) is 0 Å². The SMILES string of the molecule is COC(=O)c1ccc(S)cc1.[Na]. The maximum atomic E-state index is 10.9. The van der Waals surface area contributed by atoms with Crippen LogP contribution in [0.25, 0.3) is 0 Å². The van der Waals surface area contributed by atoms with Crippen LogP contribution in [0.15, 0.2) is 29.2 Å². The molecule has 0 unspecified atom stereocenters. The molecule has 0 N–H and O–H groups in total. The van der Waals surface area contributed by atoms with Crippen LogP contribution in [0, 0.1) is 0 Å². The Hall–Kier alpha value is 0.0400. The average molecular weight is 191 g/mol. The second-order valence-corrected chi connectivity index (χ2v) is 2.55. The number of ether oxygens (including phenoxy) is 1. The van der Waals surface area contributed by atoms with Crippen LogP contribution >= 0.6 is 12.6 Å². The maximum absolute atomic E-state index is 10.9. The molecule has 0 heterocycles. The van der Waals surface area contributed by atoms with E-state index in [2.05, 4.69) is 17.4 Å². The molecule has 0 saturated carbocycles. The van der Waals surface area contributed by atoms with Gasteiger partial charge in [-0.15, -0.1) is 12.6 Å². The standard InChI is InChI=1S/C8H8O2S.Na/c1-10-8(9)6-2-4-7(11)5-3-6;/h2-5,11H,1H3;. The topological polar surface area (TPSA) is 26.3 Å². The van der Waals surface area contributed by atoms with E-state index in [0.717, 1.165) is 4.90 Å². The molecule has 0 fully saturated rings. The van der Waals surface area contributed by atoms with Crippen molar-refractivity contribution in [3.8, 4) is 0 Å². The van der Waals surface area contributed by atoms with Crippen molar-refractivity contribution in [2.24, 2.45) is 0 Å². The molecule has 4 heteroatoms. The van der Waals surface area contributed by atoms with Crippen LogP contribution in [0.1, 0.15) is 10.4 Å². The average Bonchev–Trinajstić information content (AvgIpc) is 2.05. The van der Waals surface area contributed by atoms with Crippen molar-refractivity contribution < 1.29 is 9.53 Å². The van der Waals surface area contributed by atoms with Crippen molar-refractivity contribution in [1.82, 2.24) is 0 Å². The number of hydrogen-bond donors (Lipinski definition) is 1. The zero-order valence-corrected chi connectivity index (χ0v) is 9.97. The summed E-state index contributed by atoms with van der Waals surface area (Å²) in [6.45, 7) is 0. The Morgan fingerprint density at radius 1 is 1.33 bits per heavy atom. The van der Waals surface area contributed by atoms with E-state index in [1.807, 2.05) is 0 Å². The number of carbonyl (C=O) groups is 1. The van der Waals surface area contributed by atoms with E-state index in [9.17, 15) is 4.79 Å². The molecule has 0 saturated heterocycles. The number of carbonyl (C=O) groups excluding carboxylic acids is 1. The van der Waals surface area contributed by atoms with Gasteiger partial charge < -0.3 is 4.74 Å². The van der Waals surface area contributed by atoms with Gasteiger partial charge >= 0.3 is 5.97 Å². The van der Waals surface area contributed by atoms with Crippen LogP contribution < -0.4 is 0 Å². The summed E-state index contributed by atoms with van der Waals surface area (Å²) in [5.41, 5.74) is 0.547. The van der Waals surface area contributed by atoms with Crippen molar-refractivity contribution in [1.29, 1.82) is 0 Å². The van der Waals surface area contributed by atoms with Crippen molar-refractivity contribution in [3.63, 3.8) is 0 Å². The summed E-state index contributed by atoms with van der Waals surface area (Å²) in [5, 5.41) is 0. The predicted molar refractivity (Wildman–Crippen MR) is 50.8 cm³/mol. The molecule has 0 atom stereocenters. The Labute approximate surface area is 99.0 Å². The fraction of sp³-hybridized carbons (Fsp3) is 0.125. The summed E-state index contributed by atoms with van der Waals surface area (Å²) in [5.74, 6) is -0.321.